The fraction of sp³-hybridized carbons (Fsp3) is 0.889. The lowest BCUT2D eigenvalue weighted by molar-refractivity contribution is -0.128. The van der Waals surface area contributed by atoms with Crippen LogP contribution in [0.1, 0.15) is 19.3 Å². The zero-order valence-corrected chi connectivity index (χ0v) is 7.70. The van der Waals surface area contributed by atoms with Gasteiger partial charge in [0.1, 0.15) is 0 Å². The summed E-state index contributed by atoms with van der Waals surface area (Å²) < 4.78 is 10.6. The highest BCUT2D eigenvalue weighted by Gasteiger charge is 2.22. The summed E-state index contributed by atoms with van der Waals surface area (Å²) in [6, 6.07) is 0. The number of likely N-dealkylation sites (tertiary alicyclic amines) is 1. The molecule has 0 radical (unpaired) electrons. The molecule has 0 saturated carbocycles. The van der Waals surface area contributed by atoms with Crippen LogP contribution in [-0.4, -0.2) is 43.4 Å². The second-order valence-electron chi connectivity index (χ2n) is 3.44. The van der Waals surface area contributed by atoms with Crippen molar-refractivity contribution in [1.29, 1.82) is 0 Å². The van der Waals surface area contributed by atoms with Gasteiger partial charge in [-0.3, -0.25) is 4.79 Å². The number of carbonyl (C=O) groups is 1. The molecular formula is C9H15NO3. The molecule has 0 unspecified atom stereocenters. The lowest BCUT2D eigenvalue weighted by Crippen LogP contribution is -2.28. The molecule has 0 spiro atoms. The SMILES string of the molecule is O=C1CCCN1CCC1OCCO1. The Morgan fingerprint density at radius 2 is 2.15 bits per heavy atom. The second kappa shape index (κ2) is 4.07. The van der Waals surface area contributed by atoms with Crippen LogP contribution in [0.4, 0.5) is 0 Å². The molecule has 4 nitrogen and oxygen atoms in total. The van der Waals surface area contributed by atoms with Crippen molar-refractivity contribution in [2.24, 2.45) is 0 Å². The summed E-state index contributed by atoms with van der Waals surface area (Å²) in [6.07, 6.45) is 2.46. The Balaban J connectivity index is 1.69. The number of rotatable bonds is 3. The summed E-state index contributed by atoms with van der Waals surface area (Å²) in [6.45, 7) is 3.08. The summed E-state index contributed by atoms with van der Waals surface area (Å²) in [5.74, 6) is 0.276. The van der Waals surface area contributed by atoms with E-state index in [1.54, 1.807) is 0 Å². The van der Waals surface area contributed by atoms with E-state index in [9.17, 15) is 4.79 Å². The maximum Gasteiger partial charge on any atom is 0.222 e. The first-order valence-corrected chi connectivity index (χ1v) is 4.87. The molecule has 13 heavy (non-hydrogen) atoms. The van der Waals surface area contributed by atoms with Crippen molar-refractivity contribution in [3.05, 3.63) is 0 Å². The lowest BCUT2D eigenvalue weighted by Gasteiger charge is -2.17. The first-order chi connectivity index (χ1) is 6.36. The van der Waals surface area contributed by atoms with Gasteiger partial charge in [-0.15, -0.1) is 0 Å². The van der Waals surface area contributed by atoms with Crippen molar-refractivity contribution in [2.45, 2.75) is 25.6 Å². The minimum atomic E-state index is -0.0756. The smallest absolute Gasteiger partial charge is 0.222 e. The van der Waals surface area contributed by atoms with Gasteiger partial charge in [-0.2, -0.15) is 0 Å². The minimum Gasteiger partial charge on any atom is -0.350 e. The third-order valence-electron chi connectivity index (χ3n) is 2.50. The van der Waals surface area contributed by atoms with Gasteiger partial charge in [0, 0.05) is 25.9 Å². The Hall–Kier alpha value is -0.610. The predicted octanol–water partition coefficient (Wildman–Crippen LogP) is 0.372. The molecule has 0 aromatic carbocycles. The molecular weight excluding hydrogens is 170 g/mol. The van der Waals surface area contributed by atoms with Crippen LogP contribution in [0.3, 0.4) is 0 Å². The minimum absolute atomic E-state index is 0.0756. The van der Waals surface area contributed by atoms with Crippen molar-refractivity contribution in [3.63, 3.8) is 0 Å². The number of hydrogen-bond acceptors (Lipinski definition) is 3. The van der Waals surface area contributed by atoms with E-state index in [-0.39, 0.29) is 12.2 Å². The van der Waals surface area contributed by atoms with Gasteiger partial charge >= 0.3 is 0 Å². The Kier molecular flexibility index (Phi) is 2.80. The second-order valence-corrected chi connectivity index (χ2v) is 3.44. The highest BCUT2D eigenvalue weighted by atomic mass is 16.7. The van der Waals surface area contributed by atoms with Gasteiger partial charge in [-0.25, -0.2) is 0 Å². The van der Waals surface area contributed by atoms with Crippen molar-refractivity contribution >= 4 is 5.91 Å². The monoisotopic (exact) mass is 185 g/mol. The molecule has 2 heterocycles. The average Bonchev–Trinajstić information content (AvgIpc) is 2.72. The van der Waals surface area contributed by atoms with Gasteiger partial charge in [0.15, 0.2) is 6.29 Å². The Morgan fingerprint density at radius 1 is 1.38 bits per heavy atom. The third-order valence-corrected chi connectivity index (χ3v) is 2.50. The Morgan fingerprint density at radius 3 is 2.77 bits per heavy atom. The van der Waals surface area contributed by atoms with Gasteiger partial charge in [-0.05, 0) is 6.42 Å². The molecule has 0 N–H and O–H groups in total. The molecule has 2 rings (SSSR count). The Bertz CT molecular complexity index is 189. The maximum atomic E-state index is 11.2. The molecule has 0 aliphatic carbocycles. The Labute approximate surface area is 77.8 Å². The molecule has 74 valence electrons. The van der Waals surface area contributed by atoms with Crippen molar-refractivity contribution < 1.29 is 14.3 Å². The van der Waals surface area contributed by atoms with Crippen LogP contribution < -0.4 is 0 Å². The van der Waals surface area contributed by atoms with Gasteiger partial charge in [0.25, 0.3) is 0 Å². The van der Waals surface area contributed by atoms with Crippen LogP contribution in [0.25, 0.3) is 0 Å². The molecule has 0 aromatic heterocycles. The largest absolute Gasteiger partial charge is 0.350 e. The molecule has 2 fully saturated rings. The van der Waals surface area contributed by atoms with Gasteiger partial charge in [-0.1, -0.05) is 0 Å². The molecule has 4 heteroatoms. The summed E-state index contributed by atoms with van der Waals surface area (Å²) in [5.41, 5.74) is 0. The van der Waals surface area contributed by atoms with Crippen LogP contribution in [0, 0.1) is 0 Å². The van der Waals surface area contributed by atoms with Gasteiger partial charge in [0.05, 0.1) is 13.2 Å². The van der Waals surface area contributed by atoms with E-state index in [0.717, 1.165) is 25.9 Å². The van der Waals surface area contributed by atoms with Crippen LogP contribution in [0.5, 0.6) is 0 Å². The van der Waals surface area contributed by atoms with Crippen molar-refractivity contribution in [2.75, 3.05) is 26.3 Å². The molecule has 0 aromatic rings. The van der Waals surface area contributed by atoms with Crippen LogP contribution in [0.2, 0.25) is 0 Å². The number of ether oxygens (including phenoxy) is 2. The first-order valence-electron chi connectivity index (χ1n) is 4.87. The summed E-state index contributed by atoms with van der Waals surface area (Å²) in [7, 11) is 0. The normalized spacial score (nSPS) is 24.6. The number of nitrogens with zero attached hydrogens (tertiary/aromatic N) is 1. The molecule has 1 amide bonds. The van der Waals surface area contributed by atoms with Crippen molar-refractivity contribution in [3.8, 4) is 0 Å². The summed E-state index contributed by atoms with van der Waals surface area (Å²) >= 11 is 0. The third kappa shape index (κ3) is 2.19. The van der Waals surface area contributed by atoms with E-state index >= 15 is 0 Å². The molecule has 2 aliphatic rings. The first kappa shape index (κ1) is 8.97. The summed E-state index contributed by atoms with van der Waals surface area (Å²) in [5, 5.41) is 0. The molecule has 0 bridgehead atoms. The lowest BCUT2D eigenvalue weighted by atomic mass is 10.4. The van der Waals surface area contributed by atoms with E-state index in [4.69, 9.17) is 9.47 Å². The predicted molar refractivity (Wildman–Crippen MR) is 46.1 cm³/mol. The number of amides is 1. The van der Waals surface area contributed by atoms with E-state index in [0.29, 0.717) is 19.6 Å². The van der Waals surface area contributed by atoms with E-state index in [1.807, 2.05) is 4.90 Å². The zero-order chi connectivity index (χ0) is 9.10. The molecule has 2 aliphatic heterocycles. The van der Waals surface area contributed by atoms with E-state index in [2.05, 4.69) is 0 Å². The number of carbonyl (C=O) groups excluding carboxylic acids is 1. The van der Waals surface area contributed by atoms with E-state index < -0.39 is 0 Å². The standard InChI is InChI=1S/C9H15NO3/c11-8-2-1-4-10(8)5-3-9-12-6-7-13-9/h9H,1-7H2. The topological polar surface area (TPSA) is 38.8 Å². The zero-order valence-electron chi connectivity index (χ0n) is 7.70. The maximum absolute atomic E-state index is 11.2. The molecule has 0 atom stereocenters. The summed E-state index contributed by atoms with van der Waals surface area (Å²) in [4.78, 5) is 13.1. The van der Waals surface area contributed by atoms with Gasteiger partial charge < -0.3 is 14.4 Å². The average molecular weight is 185 g/mol. The molecule has 2 saturated heterocycles. The van der Waals surface area contributed by atoms with Crippen LogP contribution >= 0.6 is 0 Å². The van der Waals surface area contributed by atoms with Crippen LogP contribution in [-0.2, 0) is 14.3 Å². The number of hydrogen-bond donors (Lipinski definition) is 0. The highest BCUT2D eigenvalue weighted by Crippen LogP contribution is 2.13. The fourth-order valence-electron chi connectivity index (χ4n) is 1.78. The fourth-order valence-corrected chi connectivity index (χ4v) is 1.78. The quantitative estimate of drug-likeness (QED) is 0.637. The van der Waals surface area contributed by atoms with Crippen molar-refractivity contribution in [1.82, 2.24) is 4.90 Å². The van der Waals surface area contributed by atoms with Gasteiger partial charge in [0.2, 0.25) is 5.91 Å². The van der Waals surface area contributed by atoms with E-state index in [1.165, 1.54) is 0 Å². The highest BCUT2D eigenvalue weighted by molar-refractivity contribution is 5.77. The van der Waals surface area contributed by atoms with Crippen LogP contribution in [0.15, 0.2) is 0 Å².